The van der Waals surface area contributed by atoms with Crippen LogP contribution >= 0.6 is 10.7 Å². The van der Waals surface area contributed by atoms with Gasteiger partial charge in [-0.15, -0.1) is 0 Å². The van der Waals surface area contributed by atoms with Gasteiger partial charge in [0.25, 0.3) is 9.05 Å². The minimum absolute atomic E-state index is 0.153. The second-order valence-electron chi connectivity index (χ2n) is 3.85. The molecule has 0 unspecified atom stereocenters. The van der Waals surface area contributed by atoms with E-state index < -0.39 is 9.05 Å². The van der Waals surface area contributed by atoms with Gasteiger partial charge in [-0.3, -0.25) is 0 Å². The zero-order valence-electron chi connectivity index (χ0n) is 8.64. The van der Waals surface area contributed by atoms with Crippen molar-refractivity contribution in [1.82, 2.24) is 4.98 Å². The largest absolute Gasteiger partial charge is 0.366 e. The SMILES string of the molecule is O=S(=O)(Cl)c1cccc2cc3c[nH]cc3cc12. The molecule has 3 aromatic rings. The molecular formula is C12H8ClNO2S. The molecule has 0 aliphatic carbocycles. The van der Waals surface area contributed by atoms with Crippen molar-refractivity contribution >= 4 is 41.3 Å². The molecule has 3 rings (SSSR count). The van der Waals surface area contributed by atoms with Gasteiger partial charge in [-0.1, -0.05) is 12.1 Å². The van der Waals surface area contributed by atoms with E-state index in [1.807, 2.05) is 30.6 Å². The average Bonchev–Trinajstić information content (AvgIpc) is 2.70. The quantitative estimate of drug-likeness (QED) is 0.687. The van der Waals surface area contributed by atoms with Crippen LogP contribution in [0.4, 0.5) is 0 Å². The lowest BCUT2D eigenvalue weighted by atomic mass is 10.1. The Morgan fingerprint density at radius 3 is 2.41 bits per heavy atom. The molecule has 0 saturated carbocycles. The molecule has 5 heteroatoms. The number of nitrogens with one attached hydrogen (secondary N) is 1. The van der Waals surface area contributed by atoms with Crippen LogP contribution in [0.25, 0.3) is 21.5 Å². The summed E-state index contributed by atoms with van der Waals surface area (Å²) in [5.41, 5.74) is 0. The third-order valence-corrected chi connectivity index (χ3v) is 4.16. The molecule has 0 bridgehead atoms. The van der Waals surface area contributed by atoms with Gasteiger partial charge in [0.15, 0.2) is 0 Å². The van der Waals surface area contributed by atoms with Crippen LogP contribution in [-0.2, 0) is 9.05 Å². The normalized spacial score (nSPS) is 12.3. The summed E-state index contributed by atoms with van der Waals surface area (Å²) >= 11 is 0. The van der Waals surface area contributed by atoms with Crippen LogP contribution in [0.5, 0.6) is 0 Å². The Morgan fingerprint density at radius 2 is 1.71 bits per heavy atom. The molecule has 1 heterocycles. The Balaban J connectivity index is 2.53. The highest BCUT2D eigenvalue weighted by Gasteiger charge is 2.14. The second kappa shape index (κ2) is 3.48. The molecule has 0 atom stereocenters. The Morgan fingerprint density at radius 1 is 1.00 bits per heavy atom. The fourth-order valence-corrected chi connectivity index (χ4v) is 3.10. The average molecular weight is 266 g/mol. The molecular weight excluding hydrogens is 258 g/mol. The maximum absolute atomic E-state index is 11.5. The van der Waals surface area contributed by atoms with E-state index in [0.717, 1.165) is 16.2 Å². The van der Waals surface area contributed by atoms with E-state index >= 15 is 0 Å². The first kappa shape index (κ1) is 10.6. The molecule has 0 fully saturated rings. The Labute approximate surface area is 102 Å². The van der Waals surface area contributed by atoms with Crippen molar-refractivity contribution in [3.05, 3.63) is 42.7 Å². The molecule has 2 aromatic carbocycles. The smallest absolute Gasteiger partial charge is 0.261 e. The number of aromatic nitrogens is 1. The number of hydrogen-bond donors (Lipinski definition) is 1. The van der Waals surface area contributed by atoms with E-state index in [1.54, 1.807) is 6.07 Å². The number of rotatable bonds is 1. The summed E-state index contributed by atoms with van der Waals surface area (Å²) < 4.78 is 23.0. The van der Waals surface area contributed by atoms with E-state index in [1.165, 1.54) is 6.07 Å². The molecule has 17 heavy (non-hydrogen) atoms. The van der Waals surface area contributed by atoms with Crippen molar-refractivity contribution in [2.45, 2.75) is 4.90 Å². The van der Waals surface area contributed by atoms with Gasteiger partial charge in [0.1, 0.15) is 0 Å². The topological polar surface area (TPSA) is 49.9 Å². The lowest BCUT2D eigenvalue weighted by Crippen LogP contribution is -1.91. The highest BCUT2D eigenvalue weighted by molar-refractivity contribution is 8.14. The predicted molar refractivity (Wildman–Crippen MR) is 68.8 cm³/mol. The van der Waals surface area contributed by atoms with Crippen LogP contribution in [0.2, 0.25) is 0 Å². The fraction of sp³-hybridized carbons (Fsp3) is 0. The molecule has 3 nitrogen and oxygen atoms in total. The van der Waals surface area contributed by atoms with Crippen molar-refractivity contribution < 1.29 is 8.42 Å². The van der Waals surface area contributed by atoms with Crippen LogP contribution < -0.4 is 0 Å². The molecule has 0 aliphatic rings. The zero-order chi connectivity index (χ0) is 12.0. The number of hydrogen-bond acceptors (Lipinski definition) is 2. The summed E-state index contributed by atoms with van der Waals surface area (Å²) in [6, 6.07) is 8.84. The maximum Gasteiger partial charge on any atom is 0.261 e. The van der Waals surface area contributed by atoms with Gasteiger partial charge in [-0.2, -0.15) is 0 Å². The maximum atomic E-state index is 11.5. The lowest BCUT2D eigenvalue weighted by Gasteiger charge is -2.03. The highest BCUT2D eigenvalue weighted by atomic mass is 35.7. The van der Waals surface area contributed by atoms with Crippen molar-refractivity contribution in [1.29, 1.82) is 0 Å². The van der Waals surface area contributed by atoms with E-state index in [-0.39, 0.29) is 4.90 Å². The minimum Gasteiger partial charge on any atom is -0.366 e. The summed E-state index contributed by atoms with van der Waals surface area (Å²) in [6.45, 7) is 0. The zero-order valence-corrected chi connectivity index (χ0v) is 10.2. The van der Waals surface area contributed by atoms with Gasteiger partial charge in [-0.25, -0.2) is 8.42 Å². The standard InChI is InChI=1S/C12H8ClNO2S/c13-17(15,16)12-3-1-2-8-4-9-6-14-7-10(9)5-11(8)12/h1-7,14H. The number of benzene rings is 2. The highest BCUT2D eigenvalue weighted by Crippen LogP contribution is 2.29. The molecule has 0 saturated heterocycles. The third kappa shape index (κ3) is 1.69. The van der Waals surface area contributed by atoms with Gasteiger partial charge < -0.3 is 4.98 Å². The Hall–Kier alpha value is -1.52. The van der Waals surface area contributed by atoms with Crippen LogP contribution in [0.15, 0.2) is 47.6 Å². The van der Waals surface area contributed by atoms with Crippen LogP contribution in [0, 0.1) is 0 Å². The molecule has 0 aliphatic heterocycles. The first-order valence-electron chi connectivity index (χ1n) is 5.00. The van der Waals surface area contributed by atoms with Crippen molar-refractivity contribution in [2.75, 3.05) is 0 Å². The van der Waals surface area contributed by atoms with Gasteiger partial charge in [0.2, 0.25) is 0 Å². The first-order chi connectivity index (χ1) is 8.05. The number of H-pyrrole nitrogens is 1. The van der Waals surface area contributed by atoms with Crippen LogP contribution in [-0.4, -0.2) is 13.4 Å². The minimum atomic E-state index is -3.72. The second-order valence-corrected chi connectivity index (χ2v) is 6.39. The summed E-state index contributed by atoms with van der Waals surface area (Å²) in [4.78, 5) is 3.14. The van der Waals surface area contributed by atoms with Crippen molar-refractivity contribution in [2.24, 2.45) is 0 Å². The van der Waals surface area contributed by atoms with E-state index in [4.69, 9.17) is 10.7 Å². The van der Waals surface area contributed by atoms with E-state index in [9.17, 15) is 8.42 Å². The first-order valence-corrected chi connectivity index (χ1v) is 7.30. The van der Waals surface area contributed by atoms with Crippen LogP contribution in [0.3, 0.4) is 0 Å². The van der Waals surface area contributed by atoms with Crippen LogP contribution in [0.1, 0.15) is 0 Å². The number of halogens is 1. The number of aromatic amines is 1. The van der Waals surface area contributed by atoms with Gasteiger partial charge in [-0.05, 0) is 34.4 Å². The summed E-state index contributed by atoms with van der Waals surface area (Å²) in [5, 5.41) is 3.51. The third-order valence-electron chi connectivity index (χ3n) is 2.78. The molecule has 86 valence electrons. The van der Waals surface area contributed by atoms with E-state index in [0.29, 0.717) is 5.39 Å². The summed E-state index contributed by atoms with van der Waals surface area (Å²) in [7, 11) is 1.71. The van der Waals surface area contributed by atoms with Crippen molar-refractivity contribution in [3.63, 3.8) is 0 Å². The molecule has 0 radical (unpaired) electrons. The molecule has 0 spiro atoms. The Bertz CT molecular complexity index is 821. The number of fused-ring (bicyclic) bond motifs is 2. The predicted octanol–water partition coefficient (Wildman–Crippen LogP) is 3.25. The Kier molecular flexibility index (Phi) is 2.18. The molecule has 1 aromatic heterocycles. The monoisotopic (exact) mass is 265 g/mol. The molecule has 0 amide bonds. The van der Waals surface area contributed by atoms with Gasteiger partial charge in [0.05, 0.1) is 4.90 Å². The van der Waals surface area contributed by atoms with E-state index in [2.05, 4.69) is 4.98 Å². The van der Waals surface area contributed by atoms with Gasteiger partial charge in [0, 0.05) is 28.5 Å². The van der Waals surface area contributed by atoms with Gasteiger partial charge >= 0.3 is 0 Å². The fourth-order valence-electron chi connectivity index (χ4n) is 2.01. The summed E-state index contributed by atoms with van der Waals surface area (Å²) in [5.74, 6) is 0. The molecule has 1 N–H and O–H groups in total. The summed E-state index contributed by atoms with van der Waals surface area (Å²) in [6.07, 6.45) is 3.70. The van der Waals surface area contributed by atoms with Crippen molar-refractivity contribution in [3.8, 4) is 0 Å². The lowest BCUT2D eigenvalue weighted by molar-refractivity contribution is 0.610.